The lowest BCUT2D eigenvalue weighted by Crippen LogP contribution is -2.13. The Hall–Kier alpha value is -3.44. The number of nitrogens with one attached hydrogen (secondary N) is 1. The highest BCUT2D eigenvalue weighted by atomic mass is 32.2. The highest BCUT2D eigenvalue weighted by Gasteiger charge is 2.21. The van der Waals surface area contributed by atoms with E-state index < -0.39 is 15.7 Å². The van der Waals surface area contributed by atoms with Gasteiger partial charge in [-0.15, -0.1) is 0 Å². The van der Waals surface area contributed by atoms with Gasteiger partial charge in [-0.25, -0.2) is 13.4 Å². The lowest BCUT2D eigenvalue weighted by atomic mass is 10.1. The second-order valence-electron chi connectivity index (χ2n) is 5.36. The Morgan fingerprint density at radius 2 is 2.12 bits per heavy atom. The molecule has 2 aromatic rings. The molecule has 130 valence electrons. The van der Waals surface area contributed by atoms with Crippen molar-refractivity contribution >= 4 is 33.6 Å². The molecule has 0 spiro atoms. The highest BCUT2D eigenvalue weighted by Crippen LogP contribution is 2.29. The highest BCUT2D eigenvalue weighted by molar-refractivity contribution is 7.94. The van der Waals surface area contributed by atoms with Crippen LogP contribution in [0, 0.1) is 11.3 Å². The van der Waals surface area contributed by atoms with Gasteiger partial charge >= 0.3 is 0 Å². The van der Waals surface area contributed by atoms with Crippen molar-refractivity contribution in [3.8, 4) is 11.9 Å². The van der Waals surface area contributed by atoms with Crippen molar-refractivity contribution in [3.63, 3.8) is 0 Å². The molecule has 1 aliphatic heterocycles. The fourth-order valence-corrected chi connectivity index (χ4v) is 3.57. The smallest absolute Gasteiger partial charge is 0.266 e. The summed E-state index contributed by atoms with van der Waals surface area (Å²) in [6.45, 7) is 0. The number of fused-ring (bicyclic) bond motifs is 1. The van der Waals surface area contributed by atoms with Gasteiger partial charge in [0.1, 0.15) is 11.6 Å². The Morgan fingerprint density at radius 1 is 1.31 bits per heavy atom. The number of sulfone groups is 1. The first-order valence-corrected chi connectivity index (χ1v) is 8.98. The number of nitrogens with zero attached hydrogens (tertiary/aromatic N) is 2. The number of ether oxygens (including phenoxy) is 1. The fourth-order valence-electron chi connectivity index (χ4n) is 2.34. The molecular formula is C18H13N3O4S. The standard InChI is InChI=1S/C18H13N3O4S/c1-25-17-5-2-12(11-20-17)8-14(10-19)18(22)21-15-4-3-13-6-7-26(23,24)16(13)9-15/h2-9,11H,1H3,(H,21,22). The third-order valence-electron chi connectivity index (χ3n) is 3.65. The molecular weight excluding hydrogens is 354 g/mol. The Morgan fingerprint density at radius 3 is 2.77 bits per heavy atom. The SMILES string of the molecule is COc1ccc(C=C(C#N)C(=O)Nc2ccc3c(c2)S(=O)(=O)C=C3)cn1. The summed E-state index contributed by atoms with van der Waals surface area (Å²) in [7, 11) is -1.99. The van der Waals surface area contributed by atoms with E-state index in [1.807, 2.05) is 6.07 Å². The van der Waals surface area contributed by atoms with Crippen LogP contribution in [0.5, 0.6) is 5.88 Å². The zero-order valence-corrected chi connectivity index (χ0v) is 14.4. The Labute approximate surface area is 150 Å². The summed E-state index contributed by atoms with van der Waals surface area (Å²) in [4.78, 5) is 16.4. The zero-order chi connectivity index (χ0) is 18.7. The van der Waals surface area contributed by atoms with E-state index in [2.05, 4.69) is 10.3 Å². The number of nitriles is 1. The molecule has 1 aliphatic rings. The molecule has 0 radical (unpaired) electrons. The molecule has 26 heavy (non-hydrogen) atoms. The quantitative estimate of drug-likeness (QED) is 0.656. The largest absolute Gasteiger partial charge is 0.481 e. The molecule has 2 heterocycles. The van der Waals surface area contributed by atoms with Crippen LogP contribution in [0.4, 0.5) is 5.69 Å². The maximum atomic E-state index is 12.3. The Bertz CT molecular complexity index is 1080. The van der Waals surface area contributed by atoms with Gasteiger partial charge < -0.3 is 10.1 Å². The van der Waals surface area contributed by atoms with Gasteiger partial charge in [-0.05, 0) is 41.5 Å². The molecule has 3 rings (SSSR count). The minimum absolute atomic E-state index is 0.122. The summed E-state index contributed by atoms with van der Waals surface area (Å²) in [5.74, 6) is -0.232. The molecule has 0 saturated heterocycles. The minimum Gasteiger partial charge on any atom is -0.481 e. The van der Waals surface area contributed by atoms with Crippen molar-refractivity contribution in [2.75, 3.05) is 12.4 Å². The molecule has 0 bridgehead atoms. The van der Waals surface area contributed by atoms with Crippen molar-refractivity contribution in [1.29, 1.82) is 5.26 Å². The topological polar surface area (TPSA) is 109 Å². The van der Waals surface area contributed by atoms with Crippen LogP contribution < -0.4 is 10.1 Å². The molecule has 7 nitrogen and oxygen atoms in total. The zero-order valence-electron chi connectivity index (χ0n) is 13.6. The summed E-state index contributed by atoms with van der Waals surface area (Å²) in [5.41, 5.74) is 1.26. The monoisotopic (exact) mass is 367 g/mol. The second-order valence-corrected chi connectivity index (χ2v) is 7.16. The van der Waals surface area contributed by atoms with Crippen LogP contribution in [0.15, 0.2) is 52.4 Å². The maximum absolute atomic E-state index is 12.3. The third-order valence-corrected chi connectivity index (χ3v) is 5.11. The van der Waals surface area contributed by atoms with E-state index in [9.17, 15) is 18.5 Å². The van der Waals surface area contributed by atoms with E-state index in [1.54, 1.807) is 24.3 Å². The van der Waals surface area contributed by atoms with E-state index in [0.29, 0.717) is 17.0 Å². The van der Waals surface area contributed by atoms with Crippen LogP contribution in [0.1, 0.15) is 11.1 Å². The number of anilines is 1. The van der Waals surface area contributed by atoms with E-state index in [1.165, 1.54) is 31.5 Å². The van der Waals surface area contributed by atoms with Crippen molar-refractivity contribution in [3.05, 3.63) is 58.6 Å². The van der Waals surface area contributed by atoms with E-state index in [-0.39, 0.29) is 16.2 Å². The van der Waals surface area contributed by atoms with Gasteiger partial charge in [-0.3, -0.25) is 4.79 Å². The number of aromatic nitrogens is 1. The first-order valence-electron chi connectivity index (χ1n) is 7.43. The molecule has 0 unspecified atom stereocenters. The first kappa shape index (κ1) is 17.4. The first-order chi connectivity index (χ1) is 12.4. The Balaban J connectivity index is 1.82. The minimum atomic E-state index is -3.48. The summed E-state index contributed by atoms with van der Waals surface area (Å²) in [5, 5.41) is 12.9. The number of hydrogen-bond acceptors (Lipinski definition) is 6. The lowest BCUT2D eigenvalue weighted by molar-refractivity contribution is -0.112. The number of amides is 1. The molecule has 1 amide bonds. The normalized spacial score (nSPS) is 14.4. The molecule has 0 fully saturated rings. The number of methoxy groups -OCH3 is 1. The lowest BCUT2D eigenvalue weighted by Gasteiger charge is -2.07. The molecule has 1 aromatic carbocycles. The van der Waals surface area contributed by atoms with Gasteiger partial charge in [0.15, 0.2) is 0 Å². The molecule has 0 aliphatic carbocycles. The van der Waals surface area contributed by atoms with Gasteiger partial charge in [0.05, 0.1) is 12.0 Å². The van der Waals surface area contributed by atoms with Crippen molar-refractivity contribution in [2.24, 2.45) is 0 Å². The average Bonchev–Trinajstić information content (AvgIpc) is 2.94. The summed E-state index contributed by atoms with van der Waals surface area (Å²) in [6.07, 6.45) is 4.35. The summed E-state index contributed by atoms with van der Waals surface area (Å²) < 4.78 is 28.7. The number of pyridine rings is 1. The predicted octanol–water partition coefficient (Wildman–Crippen LogP) is 2.39. The number of carbonyl (C=O) groups excluding carboxylic acids is 1. The fraction of sp³-hybridized carbons (Fsp3) is 0.0556. The molecule has 0 saturated carbocycles. The van der Waals surface area contributed by atoms with Crippen LogP contribution >= 0.6 is 0 Å². The van der Waals surface area contributed by atoms with Gasteiger partial charge in [0.25, 0.3) is 5.91 Å². The van der Waals surface area contributed by atoms with Crippen LogP contribution in [-0.4, -0.2) is 26.4 Å². The molecule has 1 aromatic heterocycles. The number of rotatable bonds is 4. The van der Waals surface area contributed by atoms with Gasteiger partial charge in [0.2, 0.25) is 15.7 Å². The van der Waals surface area contributed by atoms with Crippen molar-refractivity contribution in [1.82, 2.24) is 4.98 Å². The molecule has 1 N–H and O–H groups in total. The Kier molecular flexibility index (Phi) is 4.56. The van der Waals surface area contributed by atoms with Crippen LogP contribution in [0.2, 0.25) is 0 Å². The summed E-state index contributed by atoms with van der Waals surface area (Å²) >= 11 is 0. The van der Waals surface area contributed by atoms with Crippen molar-refractivity contribution in [2.45, 2.75) is 4.90 Å². The van der Waals surface area contributed by atoms with Crippen molar-refractivity contribution < 1.29 is 17.9 Å². The third kappa shape index (κ3) is 3.48. The molecule has 8 heteroatoms. The van der Waals surface area contributed by atoms with E-state index in [0.717, 1.165) is 5.41 Å². The van der Waals surface area contributed by atoms with Crippen LogP contribution in [0.3, 0.4) is 0 Å². The second kappa shape index (κ2) is 6.82. The van der Waals surface area contributed by atoms with Crippen LogP contribution in [0.25, 0.3) is 12.2 Å². The predicted molar refractivity (Wildman–Crippen MR) is 95.7 cm³/mol. The van der Waals surface area contributed by atoms with E-state index >= 15 is 0 Å². The van der Waals surface area contributed by atoms with Crippen LogP contribution in [-0.2, 0) is 14.6 Å². The van der Waals surface area contributed by atoms with E-state index in [4.69, 9.17) is 4.74 Å². The molecule has 0 atom stereocenters. The van der Waals surface area contributed by atoms with Gasteiger partial charge in [0, 0.05) is 23.4 Å². The summed E-state index contributed by atoms with van der Waals surface area (Å²) in [6, 6.07) is 9.63. The van der Waals surface area contributed by atoms with Gasteiger partial charge in [-0.1, -0.05) is 6.07 Å². The number of carbonyl (C=O) groups is 1. The maximum Gasteiger partial charge on any atom is 0.266 e. The van der Waals surface area contributed by atoms with Gasteiger partial charge in [-0.2, -0.15) is 5.26 Å². The number of benzene rings is 1. The average molecular weight is 367 g/mol. The number of hydrogen-bond donors (Lipinski definition) is 1.